The SMILES string of the molecule is COC(=O)C1OC(=O)CCCC(=O)OC(C(=O)OC)C(C(=O)OC)OC(=O)CCCC(=O)OC1C(=O)OC. The summed E-state index contributed by atoms with van der Waals surface area (Å²) in [5, 5.41) is 0. The van der Waals surface area contributed by atoms with E-state index < -0.39 is 97.9 Å². The van der Waals surface area contributed by atoms with Crippen LogP contribution in [-0.2, 0) is 76.3 Å². The molecule has 0 aliphatic carbocycles. The van der Waals surface area contributed by atoms with Gasteiger partial charge in [0.2, 0.25) is 24.4 Å². The lowest BCUT2D eigenvalue weighted by atomic mass is 10.1. The summed E-state index contributed by atoms with van der Waals surface area (Å²) in [6, 6.07) is 0. The molecule has 1 aliphatic rings. The minimum atomic E-state index is -2.04. The fourth-order valence-corrected chi connectivity index (χ4v) is 2.95. The molecule has 0 aromatic carbocycles. The quantitative estimate of drug-likeness (QED) is 0.294. The molecule has 4 atom stereocenters. The van der Waals surface area contributed by atoms with Gasteiger partial charge in [-0.25, -0.2) is 19.2 Å². The number of carbonyl (C=O) groups is 8. The molecule has 0 spiro atoms. The Labute approximate surface area is 216 Å². The summed E-state index contributed by atoms with van der Waals surface area (Å²) in [7, 11) is 3.72. The van der Waals surface area contributed by atoms with Crippen molar-refractivity contribution >= 4 is 47.8 Å². The smallest absolute Gasteiger partial charge is 0.351 e. The maximum Gasteiger partial charge on any atom is 0.351 e. The second kappa shape index (κ2) is 15.8. The Morgan fingerprint density at radius 1 is 0.474 bits per heavy atom. The first-order valence-corrected chi connectivity index (χ1v) is 11.1. The zero-order valence-electron chi connectivity index (χ0n) is 21.1. The lowest BCUT2D eigenvalue weighted by Crippen LogP contribution is -2.47. The van der Waals surface area contributed by atoms with Crippen LogP contribution in [0.25, 0.3) is 0 Å². The summed E-state index contributed by atoms with van der Waals surface area (Å²) < 4.78 is 38.0. The van der Waals surface area contributed by atoms with Crippen LogP contribution in [-0.4, -0.2) is 101 Å². The number of hydrogen-bond acceptors (Lipinski definition) is 16. The molecule has 0 radical (unpaired) electrons. The predicted octanol–water partition coefficient (Wildman–Crippen LogP) is -1.32. The number of esters is 8. The van der Waals surface area contributed by atoms with Gasteiger partial charge in [-0.3, -0.25) is 19.2 Å². The maximum absolute atomic E-state index is 12.3. The first-order valence-electron chi connectivity index (χ1n) is 11.1. The summed E-state index contributed by atoms with van der Waals surface area (Å²) in [5.74, 6) is -9.34. The molecular formula is C22H28O16. The van der Waals surface area contributed by atoms with Crippen LogP contribution in [0.1, 0.15) is 38.5 Å². The van der Waals surface area contributed by atoms with Crippen molar-refractivity contribution in [1.82, 2.24) is 0 Å². The third-order valence-corrected chi connectivity index (χ3v) is 4.84. The van der Waals surface area contributed by atoms with Crippen molar-refractivity contribution in [3.05, 3.63) is 0 Å². The fourth-order valence-electron chi connectivity index (χ4n) is 2.95. The molecule has 0 aromatic rings. The Kier molecular flexibility index (Phi) is 13.2. The average Bonchev–Trinajstić information content (AvgIpc) is 2.90. The summed E-state index contributed by atoms with van der Waals surface area (Å²) in [6.07, 6.45) is -10.7. The first kappa shape index (κ1) is 31.8. The van der Waals surface area contributed by atoms with E-state index in [1.54, 1.807) is 0 Å². The number of hydrogen-bond donors (Lipinski definition) is 0. The van der Waals surface area contributed by atoms with Gasteiger partial charge in [0.05, 0.1) is 28.4 Å². The van der Waals surface area contributed by atoms with Crippen molar-refractivity contribution in [3.63, 3.8) is 0 Å². The standard InChI is InChI=1S/C22H28O16/c1-31-19(27)15-16(20(28)32-2)36-12(24)8-6-10-14(26)38-18(22(30)34-4)17(21(29)33-3)37-13(25)9-5-7-11(23)35-15/h15-18H,5-10H2,1-4H3. The first-order chi connectivity index (χ1) is 18.0. The highest BCUT2D eigenvalue weighted by Crippen LogP contribution is 2.16. The molecule has 212 valence electrons. The van der Waals surface area contributed by atoms with E-state index >= 15 is 0 Å². The van der Waals surface area contributed by atoms with Crippen molar-refractivity contribution in [2.75, 3.05) is 28.4 Å². The zero-order chi connectivity index (χ0) is 28.8. The average molecular weight is 548 g/mol. The van der Waals surface area contributed by atoms with Crippen molar-refractivity contribution in [2.45, 2.75) is 62.9 Å². The molecule has 1 saturated heterocycles. The molecule has 0 aromatic heterocycles. The summed E-state index contributed by atoms with van der Waals surface area (Å²) in [5.41, 5.74) is 0. The Morgan fingerprint density at radius 2 is 0.658 bits per heavy atom. The molecule has 0 saturated carbocycles. The van der Waals surface area contributed by atoms with Gasteiger partial charge < -0.3 is 37.9 Å². The van der Waals surface area contributed by atoms with Crippen molar-refractivity contribution in [3.8, 4) is 0 Å². The third kappa shape index (κ3) is 9.67. The number of carbonyl (C=O) groups excluding carboxylic acids is 8. The van der Waals surface area contributed by atoms with Crippen LogP contribution >= 0.6 is 0 Å². The second-order valence-electron chi connectivity index (χ2n) is 7.44. The van der Waals surface area contributed by atoms with E-state index in [1.165, 1.54) is 0 Å². The molecule has 1 rings (SSSR count). The van der Waals surface area contributed by atoms with Crippen LogP contribution in [0.15, 0.2) is 0 Å². The number of methoxy groups -OCH3 is 4. The highest BCUT2D eigenvalue weighted by atomic mass is 16.6. The van der Waals surface area contributed by atoms with Gasteiger partial charge in [0, 0.05) is 25.7 Å². The molecular weight excluding hydrogens is 520 g/mol. The fraction of sp³-hybridized carbons (Fsp3) is 0.636. The topological polar surface area (TPSA) is 210 Å². The molecule has 0 bridgehead atoms. The second-order valence-corrected chi connectivity index (χ2v) is 7.44. The minimum Gasteiger partial charge on any atom is -0.466 e. The van der Waals surface area contributed by atoms with Crippen LogP contribution in [0.4, 0.5) is 0 Å². The van der Waals surface area contributed by atoms with E-state index in [0.717, 1.165) is 28.4 Å². The van der Waals surface area contributed by atoms with Gasteiger partial charge in [-0.1, -0.05) is 0 Å². The lowest BCUT2D eigenvalue weighted by Gasteiger charge is -2.24. The van der Waals surface area contributed by atoms with Gasteiger partial charge in [-0.2, -0.15) is 0 Å². The number of ether oxygens (including phenoxy) is 8. The van der Waals surface area contributed by atoms with Crippen molar-refractivity contribution in [1.29, 1.82) is 0 Å². The molecule has 16 nitrogen and oxygen atoms in total. The highest BCUT2D eigenvalue weighted by molar-refractivity contribution is 5.90. The highest BCUT2D eigenvalue weighted by Gasteiger charge is 2.43. The molecule has 38 heavy (non-hydrogen) atoms. The molecule has 1 fully saturated rings. The molecule has 4 unspecified atom stereocenters. The van der Waals surface area contributed by atoms with Crippen molar-refractivity contribution in [2.24, 2.45) is 0 Å². The summed E-state index contributed by atoms with van der Waals surface area (Å²) in [4.78, 5) is 98.0. The molecule has 1 aliphatic heterocycles. The van der Waals surface area contributed by atoms with Gasteiger partial charge in [0.1, 0.15) is 0 Å². The lowest BCUT2D eigenvalue weighted by molar-refractivity contribution is -0.191. The van der Waals surface area contributed by atoms with Gasteiger partial charge >= 0.3 is 47.8 Å². The van der Waals surface area contributed by atoms with Crippen LogP contribution in [0, 0.1) is 0 Å². The molecule has 0 amide bonds. The van der Waals surface area contributed by atoms with E-state index in [-0.39, 0.29) is 12.8 Å². The Balaban J connectivity index is 3.28. The normalized spacial score (nSPS) is 24.1. The van der Waals surface area contributed by atoms with Crippen molar-refractivity contribution < 1.29 is 76.3 Å². The third-order valence-electron chi connectivity index (χ3n) is 4.84. The maximum atomic E-state index is 12.3. The van der Waals surface area contributed by atoms with Gasteiger partial charge in [0.25, 0.3) is 0 Å². The minimum absolute atomic E-state index is 0.259. The van der Waals surface area contributed by atoms with Crippen LogP contribution in [0.3, 0.4) is 0 Å². The summed E-state index contributed by atoms with van der Waals surface area (Å²) in [6.45, 7) is 0. The van der Waals surface area contributed by atoms with E-state index in [9.17, 15) is 38.4 Å². The van der Waals surface area contributed by atoms with Gasteiger partial charge in [-0.15, -0.1) is 0 Å². The van der Waals surface area contributed by atoms with Gasteiger partial charge in [-0.05, 0) is 12.8 Å². The predicted molar refractivity (Wildman–Crippen MR) is 115 cm³/mol. The van der Waals surface area contributed by atoms with E-state index in [0.29, 0.717) is 0 Å². The van der Waals surface area contributed by atoms with Gasteiger partial charge in [0.15, 0.2) is 0 Å². The van der Waals surface area contributed by atoms with E-state index in [1.807, 2.05) is 0 Å². The van der Waals surface area contributed by atoms with E-state index in [4.69, 9.17) is 18.9 Å². The van der Waals surface area contributed by atoms with Crippen LogP contribution in [0.5, 0.6) is 0 Å². The number of rotatable bonds is 4. The van der Waals surface area contributed by atoms with Crippen LogP contribution in [0.2, 0.25) is 0 Å². The zero-order valence-corrected chi connectivity index (χ0v) is 21.1. The number of cyclic esters (lactones) is 4. The molecule has 0 N–H and O–H groups in total. The molecule has 16 heteroatoms. The largest absolute Gasteiger partial charge is 0.466 e. The summed E-state index contributed by atoms with van der Waals surface area (Å²) >= 11 is 0. The molecule has 1 heterocycles. The Bertz CT molecular complexity index is 778. The van der Waals surface area contributed by atoms with E-state index in [2.05, 4.69) is 18.9 Å². The monoisotopic (exact) mass is 548 g/mol. The Hall–Kier alpha value is -4.24. The Morgan fingerprint density at radius 3 is 0.816 bits per heavy atom. The van der Waals surface area contributed by atoms with Crippen LogP contribution < -0.4 is 0 Å².